The highest BCUT2D eigenvalue weighted by Gasteiger charge is 2.24. The molecule has 5 heteroatoms. The molecule has 0 atom stereocenters. The number of halogens is 2. The van der Waals surface area contributed by atoms with Crippen LogP contribution in [0.4, 0.5) is 8.78 Å². The Morgan fingerprint density at radius 2 is 1.71 bits per heavy atom. The Bertz CT molecular complexity index is 1110. The van der Waals surface area contributed by atoms with E-state index in [4.69, 9.17) is 14.2 Å². The molecule has 1 aliphatic rings. The minimum absolute atomic E-state index is 0.277. The lowest BCUT2D eigenvalue weighted by molar-refractivity contribution is -0.206. The van der Waals surface area contributed by atoms with Gasteiger partial charge < -0.3 is 14.2 Å². The second-order valence-corrected chi connectivity index (χ2v) is 7.70. The van der Waals surface area contributed by atoms with Gasteiger partial charge in [-0.2, -0.15) is 0 Å². The van der Waals surface area contributed by atoms with E-state index in [0.717, 1.165) is 35.8 Å². The molecule has 1 aliphatic heterocycles. The summed E-state index contributed by atoms with van der Waals surface area (Å²) >= 11 is 0. The maximum Gasteiger partial charge on any atom is 0.183 e. The average Bonchev–Trinajstić information content (AvgIpc) is 2.79. The van der Waals surface area contributed by atoms with Crippen LogP contribution in [0.15, 0.2) is 54.6 Å². The number of rotatable bonds is 5. The van der Waals surface area contributed by atoms with Crippen molar-refractivity contribution in [3.8, 4) is 11.8 Å². The molecule has 3 nitrogen and oxygen atoms in total. The van der Waals surface area contributed by atoms with E-state index in [9.17, 15) is 8.78 Å². The first-order valence-corrected chi connectivity index (χ1v) is 10.4. The van der Waals surface area contributed by atoms with E-state index in [1.165, 1.54) is 18.2 Å². The molecule has 0 aliphatic carbocycles. The van der Waals surface area contributed by atoms with Crippen LogP contribution in [0.3, 0.4) is 0 Å². The highest BCUT2D eigenvalue weighted by molar-refractivity contribution is 5.83. The Morgan fingerprint density at radius 3 is 2.48 bits per heavy atom. The second kappa shape index (κ2) is 10.0. The number of benzene rings is 3. The summed E-state index contributed by atoms with van der Waals surface area (Å²) < 4.78 is 44.6. The second-order valence-electron chi connectivity index (χ2n) is 7.70. The van der Waals surface area contributed by atoms with Crippen LogP contribution >= 0.6 is 0 Å². The number of methoxy groups -OCH3 is 1. The fourth-order valence-corrected chi connectivity index (χ4v) is 3.63. The first kappa shape index (κ1) is 21.5. The van der Waals surface area contributed by atoms with Crippen LogP contribution in [0, 0.1) is 29.4 Å². The molecule has 160 valence electrons. The fourth-order valence-electron chi connectivity index (χ4n) is 3.63. The van der Waals surface area contributed by atoms with Crippen LogP contribution in [0.25, 0.3) is 10.8 Å². The normalized spacial score (nSPS) is 18.5. The zero-order valence-corrected chi connectivity index (χ0v) is 17.4. The van der Waals surface area contributed by atoms with Crippen molar-refractivity contribution in [3.63, 3.8) is 0 Å². The van der Waals surface area contributed by atoms with Crippen LogP contribution in [-0.2, 0) is 14.2 Å². The average molecular weight is 422 g/mol. The van der Waals surface area contributed by atoms with Crippen LogP contribution in [-0.4, -0.2) is 26.9 Å². The molecule has 0 bridgehead atoms. The van der Waals surface area contributed by atoms with Crippen molar-refractivity contribution in [1.82, 2.24) is 0 Å². The quantitative estimate of drug-likeness (QED) is 0.395. The lowest BCUT2D eigenvalue weighted by Crippen LogP contribution is -2.27. The molecule has 1 heterocycles. The number of fused-ring (bicyclic) bond motifs is 1. The van der Waals surface area contributed by atoms with Crippen LogP contribution in [0.5, 0.6) is 0 Å². The molecule has 0 N–H and O–H groups in total. The van der Waals surface area contributed by atoms with Crippen molar-refractivity contribution in [3.05, 3.63) is 82.9 Å². The van der Waals surface area contributed by atoms with Gasteiger partial charge in [-0.05, 0) is 60.0 Å². The lowest BCUT2D eigenvalue weighted by atomic mass is 10.0. The van der Waals surface area contributed by atoms with Crippen molar-refractivity contribution < 1.29 is 23.0 Å². The Balaban J connectivity index is 1.41. The summed E-state index contributed by atoms with van der Waals surface area (Å²) in [5, 5.41) is 1.69. The number of ether oxygens (including phenoxy) is 3. The highest BCUT2D eigenvalue weighted by atomic mass is 19.1. The molecule has 0 spiro atoms. The van der Waals surface area contributed by atoms with Gasteiger partial charge in [0.15, 0.2) is 6.29 Å². The molecule has 31 heavy (non-hydrogen) atoms. The predicted molar refractivity (Wildman–Crippen MR) is 116 cm³/mol. The maximum absolute atomic E-state index is 14.6. The largest absolute Gasteiger partial charge is 0.385 e. The van der Waals surface area contributed by atoms with E-state index in [0.29, 0.717) is 30.3 Å². The topological polar surface area (TPSA) is 27.7 Å². The number of hydrogen-bond donors (Lipinski definition) is 0. The van der Waals surface area contributed by atoms with Crippen molar-refractivity contribution in [2.75, 3.05) is 26.9 Å². The molecule has 1 fully saturated rings. The van der Waals surface area contributed by atoms with Crippen LogP contribution in [0.2, 0.25) is 0 Å². The standard InChI is InChI=1S/C26H24F2O3/c1-29-12-2-3-19-16-30-26(31-17-19)23-9-8-20(25(28)15-23)6-4-18-5-7-22-14-24(27)11-10-21(22)13-18/h5,7-11,13-15,19,26H,2-3,12,16-17H2,1H3. The summed E-state index contributed by atoms with van der Waals surface area (Å²) in [6, 6.07) is 14.9. The van der Waals surface area contributed by atoms with Gasteiger partial charge in [0, 0.05) is 30.8 Å². The lowest BCUT2D eigenvalue weighted by Gasteiger charge is -2.29. The third kappa shape index (κ3) is 5.48. The van der Waals surface area contributed by atoms with Gasteiger partial charge in [-0.25, -0.2) is 8.78 Å². The Morgan fingerprint density at radius 1 is 0.935 bits per heavy atom. The van der Waals surface area contributed by atoms with Gasteiger partial charge in [0.25, 0.3) is 0 Å². The smallest absolute Gasteiger partial charge is 0.183 e. The van der Waals surface area contributed by atoms with Crippen LogP contribution < -0.4 is 0 Å². The van der Waals surface area contributed by atoms with Gasteiger partial charge in [0.1, 0.15) is 11.6 Å². The van der Waals surface area contributed by atoms with Crippen molar-refractivity contribution >= 4 is 10.8 Å². The number of hydrogen-bond acceptors (Lipinski definition) is 3. The summed E-state index contributed by atoms with van der Waals surface area (Å²) in [7, 11) is 1.69. The fraction of sp³-hybridized carbons (Fsp3) is 0.308. The summed E-state index contributed by atoms with van der Waals surface area (Å²) in [5.41, 5.74) is 1.68. The summed E-state index contributed by atoms with van der Waals surface area (Å²) in [6.45, 7) is 1.90. The molecule has 3 aromatic rings. The molecule has 1 saturated heterocycles. The Labute approximate surface area is 180 Å². The minimum atomic E-state index is -0.559. The SMILES string of the molecule is COCCCC1COC(c2ccc(C#Cc3ccc4cc(F)ccc4c3)c(F)c2)OC1. The summed E-state index contributed by atoms with van der Waals surface area (Å²) in [5.74, 6) is 5.50. The molecular weight excluding hydrogens is 398 g/mol. The van der Waals surface area contributed by atoms with Crippen molar-refractivity contribution in [2.24, 2.45) is 5.92 Å². The highest BCUT2D eigenvalue weighted by Crippen LogP contribution is 2.28. The van der Waals surface area contributed by atoms with E-state index < -0.39 is 12.1 Å². The summed E-state index contributed by atoms with van der Waals surface area (Å²) in [6.07, 6.45) is 1.39. The molecule has 0 unspecified atom stereocenters. The molecule has 0 aromatic heterocycles. The van der Waals surface area contributed by atoms with Gasteiger partial charge in [-0.15, -0.1) is 0 Å². The zero-order chi connectivity index (χ0) is 21.6. The molecule has 4 rings (SSSR count). The molecular formula is C26H24F2O3. The van der Waals surface area contributed by atoms with E-state index in [1.54, 1.807) is 31.4 Å². The van der Waals surface area contributed by atoms with Crippen LogP contribution in [0.1, 0.15) is 35.8 Å². The third-order valence-corrected chi connectivity index (χ3v) is 5.34. The van der Waals surface area contributed by atoms with Gasteiger partial charge in [-0.3, -0.25) is 0 Å². The van der Waals surface area contributed by atoms with Gasteiger partial charge in [-0.1, -0.05) is 30.0 Å². The molecule has 3 aromatic carbocycles. The third-order valence-electron chi connectivity index (χ3n) is 5.34. The Hall–Kier alpha value is -2.78. The van der Waals surface area contributed by atoms with Crippen molar-refractivity contribution in [2.45, 2.75) is 19.1 Å². The first-order valence-electron chi connectivity index (χ1n) is 10.4. The molecule has 0 saturated carbocycles. The van der Waals surface area contributed by atoms with E-state index in [-0.39, 0.29) is 5.82 Å². The first-order chi connectivity index (χ1) is 15.1. The molecule has 0 amide bonds. The van der Waals surface area contributed by atoms with E-state index >= 15 is 0 Å². The predicted octanol–water partition coefficient (Wildman–Crippen LogP) is 5.61. The van der Waals surface area contributed by atoms with Crippen molar-refractivity contribution in [1.29, 1.82) is 0 Å². The van der Waals surface area contributed by atoms with E-state index in [2.05, 4.69) is 11.8 Å². The minimum Gasteiger partial charge on any atom is -0.385 e. The molecule has 0 radical (unpaired) electrons. The van der Waals surface area contributed by atoms with Gasteiger partial charge in [0.05, 0.1) is 18.8 Å². The summed E-state index contributed by atoms with van der Waals surface area (Å²) in [4.78, 5) is 0. The maximum atomic E-state index is 14.6. The van der Waals surface area contributed by atoms with Gasteiger partial charge in [0.2, 0.25) is 0 Å². The monoisotopic (exact) mass is 422 g/mol. The van der Waals surface area contributed by atoms with E-state index in [1.807, 2.05) is 12.1 Å². The Kier molecular flexibility index (Phi) is 6.93. The zero-order valence-electron chi connectivity index (χ0n) is 17.4. The van der Waals surface area contributed by atoms with Gasteiger partial charge >= 0.3 is 0 Å².